The lowest BCUT2D eigenvalue weighted by molar-refractivity contribution is -0.127. The maximum atomic E-state index is 12.8. The van der Waals surface area contributed by atoms with E-state index in [1.54, 1.807) is 19.9 Å². The summed E-state index contributed by atoms with van der Waals surface area (Å²) in [6, 6.07) is 2.86. The molecule has 4 atom stereocenters. The minimum Gasteiger partial charge on any atom is -0.507 e. The number of aromatic hydroxyl groups is 1. The van der Waals surface area contributed by atoms with Crippen molar-refractivity contribution in [2.24, 2.45) is 5.92 Å². The van der Waals surface area contributed by atoms with Crippen LogP contribution in [0.5, 0.6) is 5.75 Å². The number of ketones is 1. The Bertz CT molecular complexity index is 894. The Labute approximate surface area is 180 Å². The normalized spacial score (nSPS) is 26.7. The maximum absolute atomic E-state index is 12.8. The van der Waals surface area contributed by atoms with Gasteiger partial charge in [0.25, 0.3) is 0 Å². The molecule has 1 aromatic rings. The number of anilines is 1. The van der Waals surface area contributed by atoms with E-state index in [2.05, 4.69) is 10.6 Å². The predicted molar refractivity (Wildman–Crippen MR) is 115 cm³/mol. The molecule has 1 amide bonds. The fraction of sp³-hybridized carbons (Fsp3) is 0.409. The molecule has 0 saturated heterocycles. The molecule has 1 aliphatic rings. The first-order valence-corrected chi connectivity index (χ1v) is 9.91. The van der Waals surface area contributed by atoms with Crippen molar-refractivity contribution < 1.29 is 34.4 Å². The third kappa shape index (κ3) is 6.40. The number of phenols is 1. The number of fused-ring (bicyclic) bond motifs is 1. The van der Waals surface area contributed by atoms with Crippen LogP contribution in [0.25, 0.3) is 6.08 Å². The van der Waals surface area contributed by atoms with E-state index in [0.717, 1.165) is 6.08 Å². The van der Waals surface area contributed by atoms with E-state index >= 15 is 0 Å². The number of cyclic esters (lactones) is 1. The van der Waals surface area contributed by atoms with Gasteiger partial charge in [0, 0.05) is 24.7 Å². The van der Waals surface area contributed by atoms with Gasteiger partial charge in [-0.15, -0.1) is 0 Å². The average Bonchev–Trinajstić information content (AvgIpc) is 2.73. The Morgan fingerprint density at radius 1 is 1.19 bits per heavy atom. The van der Waals surface area contributed by atoms with Gasteiger partial charge in [-0.1, -0.05) is 25.2 Å². The lowest BCUT2D eigenvalue weighted by Gasteiger charge is -2.20. The number of carbonyl (C=O) groups excluding carboxylic acids is 3. The number of aliphatic hydroxyl groups is 2. The van der Waals surface area contributed by atoms with Crippen LogP contribution in [-0.4, -0.2) is 64.9 Å². The van der Waals surface area contributed by atoms with Gasteiger partial charge in [-0.2, -0.15) is 0 Å². The number of aliphatic hydroxyl groups excluding tert-OH is 2. The fourth-order valence-corrected chi connectivity index (χ4v) is 2.87. The van der Waals surface area contributed by atoms with Crippen LogP contribution in [-0.2, 0) is 14.3 Å². The van der Waals surface area contributed by atoms with Crippen LogP contribution in [0.3, 0.4) is 0 Å². The first-order valence-electron chi connectivity index (χ1n) is 9.91. The second-order valence-corrected chi connectivity index (χ2v) is 7.37. The maximum Gasteiger partial charge on any atom is 0.342 e. The van der Waals surface area contributed by atoms with Crippen LogP contribution in [0, 0.1) is 5.92 Å². The summed E-state index contributed by atoms with van der Waals surface area (Å²) in [5, 5.41) is 35.9. The van der Waals surface area contributed by atoms with Crippen molar-refractivity contribution in [2.75, 3.05) is 18.9 Å². The SMILES string of the molecule is CNC(=O)CNc1cc(O)c2c(c1)/C=C/C[C@H](O)[C@H](O)C(=O)/C=C\C(C)[C@H](C)OC2=O. The number of rotatable bonds is 3. The van der Waals surface area contributed by atoms with E-state index in [1.165, 1.54) is 31.3 Å². The van der Waals surface area contributed by atoms with Gasteiger partial charge in [-0.25, -0.2) is 4.79 Å². The second-order valence-electron chi connectivity index (χ2n) is 7.37. The van der Waals surface area contributed by atoms with Gasteiger partial charge >= 0.3 is 5.97 Å². The lowest BCUT2D eigenvalue weighted by Crippen LogP contribution is -2.32. The van der Waals surface area contributed by atoms with Gasteiger partial charge in [0.05, 0.1) is 12.6 Å². The summed E-state index contributed by atoms with van der Waals surface area (Å²) in [7, 11) is 1.49. The largest absolute Gasteiger partial charge is 0.507 e. The van der Waals surface area contributed by atoms with Gasteiger partial charge in [-0.05, 0) is 31.1 Å². The van der Waals surface area contributed by atoms with Crippen molar-refractivity contribution >= 4 is 29.4 Å². The molecule has 2 rings (SSSR count). The zero-order chi connectivity index (χ0) is 23.1. The highest BCUT2D eigenvalue weighted by Gasteiger charge is 2.25. The molecule has 1 heterocycles. The zero-order valence-corrected chi connectivity index (χ0v) is 17.7. The molecule has 1 unspecified atom stereocenters. The van der Waals surface area contributed by atoms with E-state index < -0.39 is 30.1 Å². The molecule has 9 heteroatoms. The van der Waals surface area contributed by atoms with Gasteiger partial charge in [0.2, 0.25) is 5.91 Å². The highest BCUT2D eigenvalue weighted by molar-refractivity contribution is 5.98. The monoisotopic (exact) mass is 432 g/mol. The summed E-state index contributed by atoms with van der Waals surface area (Å²) in [5.41, 5.74) is 0.594. The number of ether oxygens (including phenoxy) is 1. The number of phenolic OH excluding ortho intramolecular Hbond substituents is 1. The number of hydrogen-bond acceptors (Lipinski definition) is 8. The van der Waals surface area contributed by atoms with E-state index in [9.17, 15) is 29.7 Å². The topological polar surface area (TPSA) is 145 Å². The fourth-order valence-electron chi connectivity index (χ4n) is 2.87. The molecule has 0 radical (unpaired) electrons. The van der Waals surface area contributed by atoms with E-state index in [4.69, 9.17) is 4.74 Å². The van der Waals surface area contributed by atoms with Gasteiger partial charge in [-0.3, -0.25) is 9.59 Å². The smallest absolute Gasteiger partial charge is 0.342 e. The number of carbonyl (C=O) groups is 3. The van der Waals surface area contributed by atoms with E-state index in [1.807, 2.05) is 0 Å². The molecule has 0 aromatic heterocycles. The number of amides is 1. The molecule has 0 fully saturated rings. The van der Waals surface area contributed by atoms with Crippen LogP contribution in [0.2, 0.25) is 0 Å². The zero-order valence-electron chi connectivity index (χ0n) is 17.7. The summed E-state index contributed by atoms with van der Waals surface area (Å²) in [5.74, 6) is -2.39. The van der Waals surface area contributed by atoms with Gasteiger partial charge < -0.3 is 30.7 Å². The Kier molecular flexibility index (Phi) is 8.35. The molecule has 0 bridgehead atoms. The summed E-state index contributed by atoms with van der Waals surface area (Å²) in [6.45, 7) is 3.32. The van der Waals surface area contributed by atoms with Crippen LogP contribution >= 0.6 is 0 Å². The van der Waals surface area contributed by atoms with Crippen molar-refractivity contribution in [3.8, 4) is 5.75 Å². The number of esters is 1. The molecule has 9 nitrogen and oxygen atoms in total. The molecular weight excluding hydrogens is 404 g/mol. The molecule has 0 spiro atoms. The minimum absolute atomic E-state index is 0.0449. The third-order valence-electron chi connectivity index (χ3n) is 5.01. The molecule has 31 heavy (non-hydrogen) atoms. The summed E-state index contributed by atoms with van der Waals surface area (Å²) in [6.07, 6.45) is 1.94. The van der Waals surface area contributed by atoms with Crippen LogP contribution in [0.15, 0.2) is 30.4 Å². The number of nitrogens with one attached hydrogen (secondary N) is 2. The number of hydrogen-bond donors (Lipinski definition) is 5. The first-order chi connectivity index (χ1) is 14.6. The van der Waals surface area contributed by atoms with Crippen molar-refractivity contribution in [3.63, 3.8) is 0 Å². The van der Waals surface area contributed by atoms with Crippen LogP contribution < -0.4 is 10.6 Å². The molecule has 0 aliphatic carbocycles. The van der Waals surface area contributed by atoms with Crippen LogP contribution in [0.4, 0.5) is 5.69 Å². The average molecular weight is 432 g/mol. The summed E-state index contributed by atoms with van der Waals surface area (Å²) in [4.78, 5) is 36.3. The van der Waals surface area contributed by atoms with Crippen molar-refractivity contribution in [3.05, 3.63) is 41.5 Å². The number of benzene rings is 1. The lowest BCUT2D eigenvalue weighted by atomic mass is 9.99. The highest BCUT2D eigenvalue weighted by atomic mass is 16.5. The second kappa shape index (κ2) is 10.7. The minimum atomic E-state index is -1.60. The molecule has 1 aliphatic heterocycles. The highest BCUT2D eigenvalue weighted by Crippen LogP contribution is 2.29. The Morgan fingerprint density at radius 3 is 2.58 bits per heavy atom. The molecule has 1 aromatic carbocycles. The van der Waals surface area contributed by atoms with Crippen LogP contribution in [0.1, 0.15) is 36.2 Å². The van der Waals surface area contributed by atoms with E-state index in [0.29, 0.717) is 5.69 Å². The van der Waals surface area contributed by atoms with Gasteiger partial charge in [0.1, 0.15) is 23.5 Å². The molecule has 0 saturated carbocycles. The molecule has 168 valence electrons. The standard InChI is InChI=1S/C22H28N2O7/c1-12-7-8-17(26)21(29)16(25)6-4-5-14-9-15(24-11-19(28)23-3)10-18(27)20(14)22(30)31-13(12)2/h4-5,7-10,12-13,16,21,24-25,27,29H,6,11H2,1-3H3,(H,23,28)/b5-4+,8-7-/t12?,13-,16-,21-/m0/s1. The van der Waals surface area contributed by atoms with E-state index in [-0.39, 0.29) is 41.7 Å². The Balaban J connectivity index is 2.45. The van der Waals surface area contributed by atoms with Crippen molar-refractivity contribution in [2.45, 2.75) is 38.6 Å². The quantitative estimate of drug-likeness (QED) is 0.445. The summed E-state index contributed by atoms with van der Waals surface area (Å²) >= 11 is 0. The van der Waals surface area contributed by atoms with Crippen molar-refractivity contribution in [1.29, 1.82) is 0 Å². The summed E-state index contributed by atoms with van der Waals surface area (Å²) < 4.78 is 5.46. The molecular formula is C22H28N2O7. The Morgan fingerprint density at radius 2 is 1.90 bits per heavy atom. The first kappa shape index (κ1) is 24.1. The molecule has 5 N–H and O–H groups in total. The Hall–Kier alpha value is -3.17. The third-order valence-corrected chi connectivity index (χ3v) is 5.01. The van der Waals surface area contributed by atoms with Crippen molar-refractivity contribution in [1.82, 2.24) is 5.32 Å². The predicted octanol–water partition coefficient (Wildman–Crippen LogP) is 0.995. The van der Waals surface area contributed by atoms with Gasteiger partial charge in [0.15, 0.2) is 5.78 Å². The number of likely N-dealkylation sites (N-methyl/N-ethyl adjacent to an activating group) is 1.